The summed E-state index contributed by atoms with van der Waals surface area (Å²) in [6, 6.07) is 5.31. The fourth-order valence-corrected chi connectivity index (χ4v) is 5.11. The number of nitrogens with two attached hydrogens (primary N) is 1. The first kappa shape index (κ1) is 34.2. The number of Topliss-reactive ketones (excluding diaryl/α,β-unsaturated/α-hetero) is 1. The van der Waals surface area contributed by atoms with E-state index in [1.165, 1.54) is 18.2 Å². The number of aliphatic carboxylic acids is 1. The smallest absolute Gasteiger partial charge is 0.433 e. The molecule has 0 spiro atoms. The third-order valence-corrected chi connectivity index (χ3v) is 7.11. The van der Waals surface area contributed by atoms with Crippen LogP contribution in [0.3, 0.4) is 0 Å². The van der Waals surface area contributed by atoms with Gasteiger partial charge < -0.3 is 21.1 Å². The van der Waals surface area contributed by atoms with Crippen LogP contribution in [0.25, 0.3) is 0 Å². The summed E-state index contributed by atoms with van der Waals surface area (Å²) < 4.78 is 70.9. The van der Waals surface area contributed by atoms with Gasteiger partial charge in [-0.15, -0.1) is 0 Å². The van der Waals surface area contributed by atoms with Crippen molar-refractivity contribution in [1.29, 1.82) is 0 Å². The fraction of sp³-hybridized carbons (Fsp3) is 0.345. The van der Waals surface area contributed by atoms with Gasteiger partial charge in [0.05, 0.1) is 40.4 Å². The minimum atomic E-state index is -5.20. The van der Waals surface area contributed by atoms with E-state index in [1.54, 1.807) is 0 Å². The molecule has 44 heavy (non-hydrogen) atoms. The fourth-order valence-electron chi connectivity index (χ4n) is 4.83. The largest absolute Gasteiger partial charge is 0.481 e. The second-order valence-electron chi connectivity index (χ2n) is 10.1. The average Bonchev–Trinajstić information content (AvgIpc) is 2.91. The molecule has 0 aliphatic heterocycles. The molecule has 1 fully saturated rings. The molecule has 0 saturated heterocycles. The summed E-state index contributed by atoms with van der Waals surface area (Å²) in [5, 5.41) is 11.5. The van der Waals surface area contributed by atoms with Gasteiger partial charge in [0, 0.05) is 25.7 Å². The highest BCUT2D eigenvalue weighted by Crippen LogP contribution is 2.31. The molecule has 236 valence electrons. The number of hydrogen-bond donors (Lipinski definition) is 3. The van der Waals surface area contributed by atoms with Crippen LogP contribution in [-0.2, 0) is 20.9 Å². The zero-order valence-electron chi connectivity index (χ0n) is 23.3. The number of carboxylic acids is 1. The molecule has 0 heterocycles. The first-order valence-corrected chi connectivity index (χ1v) is 13.6. The lowest BCUT2D eigenvalue weighted by Crippen LogP contribution is -2.41. The van der Waals surface area contributed by atoms with Crippen LogP contribution in [0.4, 0.5) is 27.6 Å². The average molecular weight is 643 g/mol. The number of ketones is 1. The summed E-state index contributed by atoms with van der Waals surface area (Å²) >= 11 is 6.20. The number of nitrogens with one attached hydrogen (secondary N) is 1. The SMILES string of the molecule is CC(=O)Nc1cccc(Cl)c1C(=O)CN(Cc1cc(F)cc(F)c1)C(=O)C(=CN)C(=NC1CCC(C(=O)O)CC1)C(F)(F)F. The lowest BCUT2D eigenvalue weighted by Gasteiger charge is -2.27. The lowest BCUT2D eigenvalue weighted by atomic mass is 9.86. The second-order valence-corrected chi connectivity index (χ2v) is 10.5. The Bertz CT molecular complexity index is 1480. The molecule has 4 N–H and O–H groups in total. The van der Waals surface area contributed by atoms with Gasteiger partial charge in [-0.05, 0) is 55.5 Å². The maximum atomic E-state index is 14.3. The van der Waals surface area contributed by atoms with E-state index in [1.807, 2.05) is 0 Å². The van der Waals surface area contributed by atoms with E-state index >= 15 is 0 Å². The molecular formula is C29H28ClF5N4O5. The van der Waals surface area contributed by atoms with E-state index in [2.05, 4.69) is 10.3 Å². The molecule has 2 amide bonds. The van der Waals surface area contributed by atoms with Gasteiger partial charge in [-0.3, -0.25) is 24.2 Å². The van der Waals surface area contributed by atoms with Crippen molar-refractivity contribution >= 4 is 46.6 Å². The Morgan fingerprint density at radius 3 is 2.23 bits per heavy atom. The van der Waals surface area contributed by atoms with E-state index in [0.29, 0.717) is 17.2 Å². The van der Waals surface area contributed by atoms with Crippen molar-refractivity contribution in [2.45, 2.75) is 51.4 Å². The standard InChI is InChI=1S/C29H28ClF5N4O5/c1-15(40)37-23-4-2-3-22(30)25(23)24(41)14-39(13-16-9-18(31)11-19(32)10-16)27(42)21(12-36)26(29(33,34)35)38-20-7-5-17(6-8-20)28(43)44/h2-4,9-12,17,20H,5-8,13-14,36H2,1H3,(H,37,40)(H,43,44). The van der Waals surface area contributed by atoms with Crippen LogP contribution in [0.2, 0.25) is 5.02 Å². The van der Waals surface area contributed by atoms with Crippen LogP contribution < -0.4 is 11.1 Å². The zero-order chi connectivity index (χ0) is 32.8. The predicted octanol–water partition coefficient (Wildman–Crippen LogP) is 5.28. The number of benzene rings is 2. The van der Waals surface area contributed by atoms with E-state index in [-0.39, 0.29) is 47.5 Å². The second kappa shape index (κ2) is 14.4. The Labute approximate surface area is 253 Å². The van der Waals surface area contributed by atoms with Gasteiger partial charge in [-0.1, -0.05) is 17.7 Å². The number of alkyl halides is 3. The Morgan fingerprint density at radius 1 is 1.09 bits per heavy atom. The van der Waals surface area contributed by atoms with Crippen LogP contribution in [0.5, 0.6) is 0 Å². The Hall–Kier alpha value is -4.33. The summed E-state index contributed by atoms with van der Waals surface area (Å²) in [4.78, 5) is 54.4. The van der Waals surface area contributed by atoms with Gasteiger partial charge in [0.2, 0.25) is 5.91 Å². The van der Waals surface area contributed by atoms with E-state index in [0.717, 1.165) is 19.1 Å². The number of carbonyl (C=O) groups excluding carboxylic acids is 3. The van der Waals surface area contributed by atoms with Crippen molar-refractivity contribution in [3.63, 3.8) is 0 Å². The van der Waals surface area contributed by atoms with Gasteiger partial charge in [0.1, 0.15) is 11.6 Å². The molecule has 2 aromatic carbocycles. The number of anilines is 1. The molecule has 2 aromatic rings. The lowest BCUT2D eigenvalue weighted by molar-refractivity contribution is -0.142. The maximum absolute atomic E-state index is 14.3. The normalized spacial score (nSPS) is 17.6. The van der Waals surface area contributed by atoms with Gasteiger partial charge in [0.15, 0.2) is 11.5 Å². The molecule has 1 aliphatic carbocycles. The third kappa shape index (κ3) is 8.85. The summed E-state index contributed by atoms with van der Waals surface area (Å²) in [6.45, 7) is -0.515. The first-order chi connectivity index (χ1) is 20.6. The van der Waals surface area contributed by atoms with Crippen molar-refractivity contribution in [3.05, 3.63) is 76.0 Å². The molecule has 3 rings (SSSR count). The van der Waals surface area contributed by atoms with E-state index < -0.39 is 77.7 Å². The number of nitrogens with zero attached hydrogens (tertiary/aromatic N) is 2. The number of aliphatic imine (C=N–C) groups is 1. The van der Waals surface area contributed by atoms with Crippen molar-refractivity contribution in [2.75, 3.05) is 11.9 Å². The zero-order valence-corrected chi connectivity index (χ0v) is 24.0. The van der Waals surface area contributed by atoms with Crippen LogP contribution in [-0.4, -0.2) is 58.0 Å². The van der Waals surface area contributed by atoms with Gasteiger partial charge in [-0.25, -0.2) is 8.78 Å². The molecule has 1 saturated carbocycles. The summed E-state index contributed by atoms with van der Waals surface area (Å²) in [6.07, 6.45) is -4.67. The molecule has 0 aromatic heterocycles. The number of hydrogen-bond acceptors (Lipinski definition) is 6. The van der Waals surface area contributed by atoms with Crippen molar-refractivity contribution in [3.8, 4) is 0 Å². The molecular weight excluding hydrogens is 615 g/mol. The van der Waals surface area contributed by atoms with Crippen LogP contribution in [0.15, 0.2) is 53.2 Å². The minimum absolute atomic E-state index is 0.00574. The quantitative estimate of drug-likeness (QED) is 0.139. The molecule has 15 heteroatoms. The molecule has 0 unspecified atom stereocenters. The number of rotatable bonds is 10. The van der Waals surface area contributed by atoms with E-state index in [9.17, 15) is 46.2 Å². The monoisotopic (exact) mass is 642 g/mol. The number of carbonyl (C=O) groups is 4. The molecule has 0 atom stereocenters. The van der Waals surface area contributed by atoms with Crippen molar-refractivity contribution < 1.29 is 46.2 Å². The summed E-state index contributed by atoms with van der Waals surface area (Å²) in [7, 11) is 0. The highest BCUT2D eigenvalue weighted by Gasteiger charge is 2.43. The summed E-state index contributed by atoms with van der Waals surface area (Å²) in [5.74, 6) is -6.81. The van der Waals surface area contributed by atoms with Gasteiger partial charge >= 0.3 is 12.1 Å². The predicted molar refractivity (Wildman–Crippen MR) is 151 cm³/mol. The van der Waals surface area contributed by atoms with Gasteiger partial charge in [-0.2, -0.15) is 13.2 Å². The number of halogens is 6. The maximum Gasteiger partial charge on any atom is 0.433 e. The summed E-state index contributed by atoms with van der Waals surface area (Å²) in [5.41, 5.74) is 2.24. The van der Waals surface area contributed by atoms with Crippen LogP contribution >= 0.6 is 11.6 Å². The highest BCUT2D eigenvalue weighted by atomic mass is 35.5. The highest BCUT2D eigenvalue weighted by molar-refractivity contribution is 6.35. The first-order valence-electron chi connectivity index (χ1n) is 13.2. The topological polar surface area (TPSA) is 142 Å². The third-order valence-electron chi connectivity index (χ3n) is 6.80. The number of carboxylic acid groups (broad SMARTS) is 1. The molecule has 9 nitrogen and oxygen atoms in total. The Morgan fingerprint density at radius 2 is 1.70 bits per heavy atom. The van der Waals surface area contributed by atoms with E-state index in [4.69, 9.17) is 17.3 Å². The van der Waals surface area contributed by atoms with Crippen LogP contribution in [0.1, 0.15) is 48.5 Å². The molecule has 0 radical (unpaired) electrons. The van der Waals surface area contributed by atoms with Gasteiger partial charge in [0.25, 0.3) is 5.91 Å². The van der Waals surface area contributed by atoms with Crippen molar-refractivity contribution in [1.82, 2.24) is 4.90 Å². The Balaban J connectivity index is 2.04. The number of amides is 2. The van der Waals surface area contributed by atoms with Crippen molar-refractivity contribution in [2.24, 2.45) is 16.6 Å². The van der Waals surface area contributed by atoms with Crippen LogP contribution in [0, 0.1) is 17.6 Å². The Kier molecular flexibility index (Phi) is 11.2. The minimum Gasteiger partial charge on any atom is -0.481 e. The molecule has 0 bridgehead atoms. The molecule has 1 aliphatic rings.